The molecule has 0 aromatic carbocycles. The predicted molar refractivity (Wildman–Crippen MR) is 61.9 cm³/mol. The van der Waals surface area contributed by atoms with Crippen LogP contribution in [0.4, 0.5) is 10.2 Å². The molecular weight excluding hydrogens is 225 g/mol. The molecule has 94 valence electrons. The van der Waals surface area contributed by atoms with Crippen molar-refractivity contribution >= 4 is 11.7 Å². The summed E-state index contributed by atoms with van der Waals surface area (Å²) in [7, 11) is 0. The number of nitrogens with two attached hydrogens (primary N) is 1. The topological polar surface area (TPSA) is 79.5 Å². The van der Waals surface area contributed by atoms with Crippen molar-refractivity contribution in [3.8, 4) is 0 Å². The van der Waals surface area contributed by atoms with E-state index in [9.17, 15) is 9.18 Å². The Morgan fingerprint density at radius 3 is 2.94 bits per heavy atom. The maximum Gasteiger partial charge on any atom is 0.257 e. The van der Waals surface area contributed by atoms with Crippen molar-refractivity contribution in [2.45, 2.75) is 13.3 Å². The lowest BCUT2D eigenvalue weighted by Gasteiger charge is -2.20. The Balaban J connectivity index is 2.89. The second-order valence-electron chi connectivity index (χ2n) is 3.55. The minimum Gasteiger partial charge on any atom is -0.396 e. The number of hydrogen-bond donors (Lipinski definition) is 2. The molecule has 0 saturated carbocycles. The van der Waals surface area contributed by atoms with Gasteiger partial charge in [-0.1, -0.05) is 0 Å². The lowest BCUT2D eigenvalue weighted by Crippen LogP contribution is -2.33. The summed E-state index contributed by atoms with van der Waals surface area (Å²) in [4.78, 5) is 17.1. The van der Waals surface area contributed by atoms with Crippen LogP contribution in [0.15, 0.2) is 12.3 Å². The normalized spacial score (nSPS) is 10.3. The molecule has 0 fully saturated rings. The zero-order valence-corrected chi connectivity index (χ0v) is 9.69. The molecule has 5 nitrogen and oxygen atoms in total. The van der Waals surface area contributed by atoms with Crippen LogP contribution in [-0.4, -0.2) is 40.6 Å². The summed E-state index contributed by atoms with van der Waals surface area (Å²) in [6.45, 7) is 2.68. The molecule has 0 unspecified atom stereocenters. The molecule has 0 atom stereocenters. The maximum atomic E-state index is 13.0. The molecule has 0 aliphatic rings. The molecule has 0 bridgehead atoms. The van der Waals surface area contributed by atoms with E-state index in [0.29, 0.717) is 19.5 Å². The van der Waals surface area contributed by atoms with Crippen molar-refractivity contribution in [1.29, 1.82) is 0 Å². The standard InChI is InChI=1S/C11H16FN3O2/c1-2-15(4-3-5-16)11(17)9-6-8(12)7-14-10(9)13/h6-7,16H,2-5H2,1H3,(H2,13,14). The van der Waals surface area contributed by atoms with Crippen molar-refractivity contribution in [3.63, 3.8) is 0 Å². The van der Waals surface area contributed by atoms with E-state index in [4.69, 9.17) is 10.8 Å². The van der Waals surface area contributed by atoms with E-state index in [-0.39, 0.29) is 23.9 Å². The van der Waals surface area contributed by atoms with Crippen molar-refractivity contribution in [2.75, 3.05) is 25.4 Å². The second-order valence-corrected chi connectivity index (χ2v) is 3.55. The van der Waals surface area contributed by atoms with Crippen LogP contribution in [0.1, 0.15) is 23.7 Å². The Bertz CT molecular complexity index is 398. The van der Waals surface area contributed by atoms with Crippen LogP contribution in [0.2, 0.25) is 0 Å². The van der Waals surface area contributed by atoms with E-state index in [1.54, 1.807) is 6.92 Å². The third-order valence-electron chi connectivity index (χ3n) is 2.37. The van der Waals surface area contributed by atoms with Crippen LogP contribution in [0.25, 0.3) is 0 Å². The highest BCUT2D eigenvalue weighted by Crippen LogP contribution is 2.13. The van der Waals surface area contributed by atoms with Gasteiger partial charge in [0.05, 0.1) is 11.8 Å². The molecule has 1 aromatic heterocycles. The predicted octanol–water partition coefficient (Wildman–Crippen LogP) is 0.647. The fourth-order valence-corrected chi connectivity index (χ4v) is 1.46. The van der Waals surface area contributed by atoms with E-state index in [0.717, 1.165) is 12.3 Å². The molecule has 0 radical (unpaired) electrons. The second kappa shape index (κ2) is 6.15. The van der Waals surface area contributed by atoms with E-state index in [1.165, 1.54) is 4.90 Å². The number of aromatic nitrogens is 1. The van der Waals surface area contributed by atoms with Crippen LogP contribution in [0, 0.1) is 5.82 Å². The third kappa shape index (κ3) is 3.39. The highest BCUT2D eigenvalue weighted by molar-refractivity contribution is 5.98. The van der Waals surface area contributed by atoms with Gasteiger partial charge < -0.3 is 15.7 Å². The summed E-state index contributed by atoms with van der Waals surface area (Å²) in [5.41, 5.74) is 5.60. The Labute approximate surface area is 99.1 Å². The molecular formula is C11H16FN3O2. The summed E-state index contributed by atoms with van der Waals surface area (Å²) in [5.74, 6) is -0.954. The first-order chi connectivity index (χ1) is 8.10. The van der Waals surface area contributed by atoms with E-state index in [1.807, 2.05) is 0 Å². The van der Waals surface area contributed by atoms with Gasteiger partial charge in [0.2, 0.25) is 0 Å². The van der Waals surface area contributed by atoms with Gasteiger partial charge in [0.15, 0.2) is 0 Å². The lowest BCUT2D eigenvalue weighted by atomic mass is 10.2. The molecule has 17 heavy (non-hydrogen) atoms. The first-order valence-corrected chi connectivity index (χ1v) is 5.41. The fourth-order valence-electron chi connectivity index (χ4n) is 1.46. The number of rotatable bonds is 5. The summed E-state index contributed by atoms with van der Waals surface area (Å²) in [6, 6.07) is 1.08. The molecule has 0 aliphatic heterocycles. The number of carbonyl (C=O) groups is 1. The molecule has 1 rings (SSSR count). The molecule has 1 aromatic rings. The van der Waals surface area contributed by atoms with E-state index >= 15 is 0 Å². The van der Waals surface area contributed by atoms with E-state index < -0.39 is 5.82 Å². The summed E-state index contributed by atoms with van der Waals surface area (Å²) < 4.78 is 13.0. The number of anilines is 1. The van der Waals surface area contributed by atoms with Crippen LogP contribution >= 0.6 is 0 Å². The van der Waals surface area contributed by atoms with Gasteiger partial charge >= 0.3 is 0 Å². The van der Waals surface area contributed by atoms with Crippen LogP contribution < -0.4 is 5.73 Å². The highest BCUT2D eigenvalue weighted by atomic mass is 19.1. The zero-order chi connectivity index (χ0) is 12.8. The monoisotopic (exact) mass is 241 g/mol. The van der Waals surface area contributed by atoms with Gasteiger partial charge in [0.1, 0.15) is 11.6 Å². The SMILES string of the molecule is CCN(CCCO)C(=O)c1cc(F)cnc1N. The number of amides is 1. The fraction of sp³-hybridized carbons (Fsp3) is 0.455. The van der Waals surface area contributed by atoms with Gasteiger partial charge in [-0.2, -0.15) is 0 Å². The molecule has 0 aliphatic carbocycles. The number of halogens is 1. The average Bonchev–Trinajstić information content (AvgIpc) is 2.33. The quantitative estimate of drug-likeness (QED) is 0.793. The Hall–Kier alpha value is -1.69. The minimum absolute atomic E-state index is 0.000658. The van der Waals surface area contributed by atoms with Crippen LogP contribution in [0.3, 0.4) is 0 Å². The Kier molecular flexibility index (Phi) is 4.84. The number of nitrogen functional groups attached to an aromatic ring is 1. The first kappa shape index (κ1) is 13.4. The molecule has 0 saturated heterocycles. The van der Waals surface area contributed by atoms with Crippen molar-refractivity contribution in [1.82, 2.24) is 9.88 Å². The van der Waals surface area contributed by atoms with Crippen LogP contribution in [-0.2, 0) is 0 Å². The van der Waals surface area contributed by atoms with Gasteiger partial charge in [0.25, 0.3) is 5.91 Å². The highest BCUT2D eigenvalue weighted by Gasteiger charge is 2.17. The lowest BCUT2D eigenvalue weighted by molar-refractivity contribution is 0.0754. The molecule has 0 spiro atoms. The Morgan fingerprint density at radius 2 is 2.35 bits per heavy atom. The van der Waals surface area contributed by atoms with Crippen molar-refractivity contribution in [3.05, 3.63) is 23.6 Å². The number of nitrogens with zero attached hydrogens (tertiary/aromatic N) is 2. The van der Waals surface area contributed by atoms with Crippen molar-refractivity contribution < 1.29 is 14.3 Å². The average molecular weight is 241 g/mol. The summed E-state index contributed by atoms with van der Waals surface area (Å²) >= 11 is 0. The third-order valence-corrected chi connectivity index (χ3v) is 2.37. The van der Waals surface area contributed by atoms with Gasteiger partial charge in [-0.05, 0) is 19.4 Å². The van der Waals surface area contributed by atoms with Gasteiger partial charge in [-0.15, -0.1) is 0 Å². The first-order valence-electron chi connectivity index (χ1n) is 5.41. The number of aliphatic hydroxyl groups excluding tert-OH is 1. The van der Waals surface area contributed by atoms with Gasteiger partial charge in [-0.25, -0.2) is 9.37 Å². The largest absolute Gasteiger partial charge is 0.396 e. The number of pyridine rings is 1. The Morgan fingerprint density at radius 1 is 1.65 bits per heavy atom. The summed E-state index contributed by atoms with van der Waals surface area (Å²) in [5, 5.41) is 8.73. The molecule has 3 N–H and O–H groups in total. The van der Waals surface area contributed by atoms with E-state index in [2.05, 4.69) is 4.98 Å². The van der Waals surface area contributed by atoms with Crippen LogP contribution in [0.5, 0.6) is 0 Å². The molecule has 1 amide bonds. The number of carbonyl (C=O) groups excluding carboxylic acids is 1. The summed E-state index contributed by atoms with van der Waals surface area (Å²) in [6.07, 6.45) is 1.44. The molecule has 1 heterocycles. The molecule has 6 heteroatoms. The number of hydrogen-bond acceptors (Lipinski definition) is 4. The number of aliphatic hydroxyl groups is 1. The van der Waals surface area contributed by atoms with Crippen molar-refractivity contribution in [2.24, 2.45) is 0 Å². The van der Waals surface area contributed by atoms with Gasteiger partial charge in [0, 0.05) is 19.7 Å². The maximum absolute atomic E-state index is 13.0. The zero-order valence-electron chi connectivity index (χ0n) is 9.69. The van der Waals surface area contributed by atoms with Gasteiger partial charge in [-0.3, -0.25) is 4.79 Å². The minimum atomic E-state index is -0.597. The smallest absolute Gasteiger partial charge is 0.257 e.